The molecule has 0 unspecified atom stereocenters. The van der Waals surface area contributed by atoms with Gasteiger partial charge in [0, 0.05) is 11.3 Å². The summed E-state index contributed by atoms with van der Waals surface area (Å²) in [5, 5.41) is 2.42. The van der Waals surface area contributed by atoms with Crippen LogP contribution in [0.4, 0.5) is 0 Å². The van der Waals surface area contributed by atoms with Gasteiger partial charge in [0.15, 0.2) is 0 Å². The lowest BCUT2D eigenvalue weighted by molar-refractivity contribution is 1.11. The zero-order chi connectivity index (χ0) is 35.9. The Morgan fingerprint density at radius 1 is 0.488 bits per heavy atom. The lowest BCUT2D eigenvalue weighted by Gasteiger charge is -2.19. The SMILES string of the molecule is [2H]c1c([2H])c([2H])c(-c2c3ccccc3c(-c3nc4ccccc4n3-c3c([2H])c([2H])c([2H])c([2H])c3[2H])c3ccc(-c4ccccc4)cc23)c([2H])c1[2H]. The molecule has 1 aromatic heterocycles. The zero-order valence-corrected chi connectivity index (χ0v) is 21.6. The monoisotopic (exact) mass is 532 g/mol. The second-order valence-corrected chi connectivity index (χ2v) is 9.66. The fourth-order valence-electron chi connectivity index (χ4n) is 5.65. The van der Waals surface area contributed by atoms with Gasteiger partial charge in [0.05, 0.1) is 24.7 Å². The van der Waals surface area contributed by atoms with Crippen LogP contribution in [0.15, 0.2) is 157 Å². The van der Waals surface area contributed by atoms with Gasteiger partial charge in [-0.2, -0.15) is 0 Å². The van der Waals surface area contributed by atoms with Crippen molar-refractivity contribution in [3.8, 4) is 39.3 Å². The summed E-state index contributed by atoms with van der Waals surface area (Å²) in [6.45, 7) is 0. The van der Waals surface area contributed by atoms with Gasteiger partial charge in [-0.1, -0.05) is 127 Å². The molecule has 0 radical (unpaired) electrons. The van der Waals surface area contributed by atoms with E-state index in [1.807, 2.05) is 78.9 Å². The minimum atomic E-state index is -0.507. The lowest BCUT2D eigenvalue weighted by atomic mass is 9.86. The maximum absolute atomic E-state index is 9.00. The van der Waals surface area contributed by atoms with E-state index in [4.69, 9.17) is 18.7 Å². The van der Waals surface area contributed by atoms with Gasteiger partial charge in [0.25, 0.3) is 0 Å². The standard InChI is InChI=1S/C39H26N2/c1-4-14-27(15-5-1)29-24-25-33-34(26-29)37(28-16-6-2-7-17-28)31-20-10-11-21-32(31)38(33)39-40-35-22-12-13-23-36(35)41(39)30-18-8-3-9-19-30/h1-26H/i2D,3D,6D,7D,8D,9D,16D,17D,18D,19D. The zero-order valence-electron chi connectivity index (χ0n) is 31.6. The third-order valence-electron chi connectivity index (χ3n) is 7.38. The molecule has 0 N–H and O–H groups in total. The van der Waals surface area contributed by atoms with Gasteiger partial charge in [-0.15, -0.1) is 0 Å². The molecule has 41 heavy (non-hydrogen) atoms. The molecule has 2 nitrogen and oxygen atoms in total. The molecule has 8 rings (SSSR count). The minimum absolute atomic E-state index is 0.0538. The number of para-hydroxylation sites is 3. The van der Waals surface area contributed by atoms with Crippen molar-refractivity contribution in [2.24, 2.45) is 0 Å². The summed E-state index contributed by atoms with van der Waals surface area (Å²) >= 11 is 0. The highest BCUT2D eigenvalue weighted by Crippen LogP contribution is 2.45. The van der Waals surface area contributed by atoms with E-state index in [1.165, 1.54) is 0 Å². The van der Waals surface area contributed by atoms with Crippen LogP contribution in [0.3, 0.4) is 0 Å². The normalized spacial score (nSPS) is 14.8. The second kappa shape index (κ2) is 9.62. The van der Waals surface area contributed by atoms with Crippen LogP contribution in [0.5, 0.6) is 0 Å². The van der Waals surface area contributed by atoms with Crippen molar-refractivity contribution >= 4 is 32.6 Å². The summed E-state index contributed by atoms with van der Waals surface area (Å²) in [6.07, 6.45) is 0. The molecule has 0 saturated carbocycles. The molecule has 0 atom stereocenters. The second-order valence-electron chi connectivity index (χ2n) is 9.66. The topological polar surface area (TPSA) is 17.8 Å². The Bertz CT molecular complexity index is 2700. The van der Waals surface area contributed by atoms with Crippen LogP contribution >= 0.6 is 0 Å². The van der Waals surface area contributed by atoms with E-state index < -0.39 is 36.3 Å². The van der Waals surface area contributed by atoms with Crippen molar-refractivity contribution in [2.45, 2.75) is 0 Å². The number of aromatic nitrogens is 2. The predicted molar refractivity (Wildman–Crippen MR) is 172 cm³/mol. The van der Waals surface area contributed by atoms with E-state index in [9.17, 15) is 0 Å². The van der Waals surface area contributed by atoms with Crippen molar-refractivity contribution in [1.29, 1.82) is 0 Å². The van der Waals surface area contributed by atoms with Crippen molar-refractivity contribution in [2.75, 3.05) is 0 Å². The highest BCUT2D eigenvalue weighted by atomic mass is 15.1. The molecule has 0 bridgehead atoms. The van der Waals surface area contributed by atoms with Crippen molar-refractivity contribution < 1.29 is 13.7 Å². The third-order valence-corrected chi connectivity index (χ3v) is 7.38. The Labute approximate surface area is 252 Å². The Morgan fingerprint density at radius 3 is 1.90 bits per heavy atom. The molecular formula is C39H26N2. The van der Waals surface area contributed by atoms with Crippen molar-refractivity contribution in [3.63, 3.8) is 0 Å². The molecule has 8 aromatic rings. The predicted octanol–water partition coefficient (Wildman–Crippen LogP) is 10.3. The Morgan fingerprint density at radius 2 is 1.12 bits per heavy atom. The summed E-state index contributed by atoms with van der Waals surface area (Å²) in [4.78, 5) is 5.05. The first kappa shape index (κ1) is 15.4. The van der Waals surface area contributed by atoms with Gasteiger partial charge in [-0.25, -0.2) is 4.98 Å². The molecule has 0 aliphatic rings. The van der Waals surface area contributed by atoms with E-state index in [1.54, 1.807) is 22.8 Å². The number of imidazole rings is 1. The molecule has 7 aromatic carbocycles. The van der Waals surface area contributed by atoms with E-state index in [2.05, 4.69) is 0 Å². The van der Waals surface area contributed by atoms with E-state index in [0.717, 1.165) is 11.1 Å². The van der Waals surface area contributed by atoms with Crippen LogP contribution in [-0.4, -0.2) is 9.55 Å². The largest absolute Gasteiger partial charge is 0.292 e. The number of rotatable bonds is 4. The molecule has 192 valence electrons. The van der Waals surface area contributed by atoms with Crippen LogP contribution in [0.1, 0.15) is 13.7 Å². The van der Waals surface area contributed by atoms with Crippen molar-refractivity contribution in [1.82, 2.24) is 9.55 Å². The number of benzene rings is 7. The average molecular weight is 533 g/mol. The molecule has 0 aliphatic heterocycles. The molecule has 0 amide bonds. The van der Waals surface area contributed by atoms with Crippen LogP contribution < -0.4 is 0 Å². The van der Waals surface area contributed by atoms with Crippen LogP contribution in [0.25, 0.3) is 71.9 Å². The Hall–Kier alpha value is -5.47. The van der Waals surface area contributed by atoms with Gasteiger partial charge in [-0.05, 0) is 74.1 Å². The summed E-state index contributed by atoms with van der Waals surface area (Å²) in [5.74, 6) is 0.316. The molecule has 0 saturated heterocycles. The summed E-state index contributed by atoms with van der Waals surface area (Å²) < 4.78 is 88.0. The first-order valence-corrected chi connectivity index (χ1v) is 13.2. The highest BCUT2D eigenvalue weighted by Gasteiger charge is 2.22. The Balaban J connectivity index is 1.61. The number of nitrogens with zero attached hydrogens (tertiary/aromatic N) is 2. The van der Waals surface area contributed by atoms with E-state index >= 15 is 0 Å². The number of hydrogen-bond donors (Lipinski definition) is 0. The first-order chi connectivity index (χ1) is 24.5. The van der Waals surface area contributed by atoms with Gasteiger partial charge < -0.3 is 0 Å². The quantitative estimate of drug-likeness (QED) is 0.206. The molecule has 2 heteroatoms. The molecule has 0 fully saturated rings. The molecular weight excluding hydrogens is 496 g/mol. The maximum Gasteiger partial charge on any atom is 0.146 e. The van der Waals surface area contributed by atoms with Gasteiger partial charge in [0.2, 0.25) is 0 Å². The molecule has 1 heterocycles. The maximum atomic E-state index is 9.00. The highest BCUT2D eigenvalue weighted by molar-refractivity contribution is 6.21. The summed E-state index contributed by atoms with van der Waals surface area (Å²) in [5.41, 5.74) is 3.83. The molecule has 0 aliphatic carbocycles. The summed E-state index contributed by atoms with van der Waals surface area (Å²) in [7, 11) is 0. The van der Waals surface area contributed by atoms with Crippen molar-refractivity contribution in [3.05, 3.63) is 157 Å². The lowest BCUT2D eigenvalue weighted by Crippen LogP contribution is -1.99. The summed E-state index contributed by atoms with van der Waals surface area (Å²) in [6, 6.07) is 25.7. The van der Waals surface area contributed by atoms with Crippen LogP contribution in [0.2, 0.25) is 0 Å². The van der Waals surface area contributed by atoms with E-state index in [0.29, 0.717) is 49.5 Å². The number of fused-ring (bicyclic) bond motifs is 3. The third kappa shape index (κ3) is 3.84. The molecule has 0 spiro atoms. The van der Waals surface area contributed by atoms with Crippen LogP contribution in [-0.2, 0) is 0 Å². The fourth-order valence-corrected chi connectivity index (χ4v) is 5.65. The van der Waals surface area contributed by atoms with Crippen LogP contribution in [0, 0.1) is 0 Å². The average Bonchev–Trinajstić information content (AvgIpc) is 3.53. The van der Waals surface area contributed by atoms with E-state index in [-0.39, 0.29) is 35.4 Å². The fraction of sp³-hybridized carbons (Fsp3) is 0. The van der Waals surface area contributed by atoms with Gasteiger partial charge >= 0.3 is 0 Å². The first-order valence-electron chi connectivity index (χ1n) is 18.2. The van der Waals surface area contributed by atoms with Gasteiger partial charge in [-0.3, -0.25) is 4.57 Å². The smallest absolute Gasteiger partial charge is 0.146 e. The number of hydrogen-bond acceptors (Lipinski definition) is 1. The Kier molecular flexibility index (Phi) is 3.60. The van der Waals surface area contributed by atoms with Gasteiger partial charge in [0.1, 0.15) is 5.82 Å². The minimum Gasteiger partial charge on any atom is -0.292 e.